The van der Waals surface area contributed by atoms with Crippen molar-refractivity contribution in [2.75, 3.05) is 5.32 Å². The molecule has 0 fully saturated rings. The van der Waals surface area contributed by atoms with Crippen molar-refractivity contribution in [2.45, 2.75) is 13.5 Å². The molecule has 3 nitrogen and oxygen atoms in total. The molecule has 21 heavy (non-hydrogen) atoms. The molecule has 2 aromatic rings. The van der Waals surface area contributed by atoms with Gasteiger partial charge in [0.25, 0.3) is 0 Å². The average Bonchev–Trinajstić information content (AvgIpc) is 2.43. The predicted octanol–water partition coefficient (Wildman–Crippen LogP) is 4.35. The summed E-state index contributed by atoms with van der Waals surface area (Å²) >= 11 is 0. The zero-order valence-corrected chi connectivity index (χ0v) is 11.0. The Balaban J connectivity index is 2.38. The fourth-order valence-electron chi connectivity index (χ4n) is 1.79. The summed E-state index contributed by atoms with van der Waals surface area (Å²) in [5.74, 6) is -0.487. The first-order valence-electron chi connectivity index (χ1n) is 6.02. The summed E-state index contributed by atoms with van der Waals surface area (Å²) in [5.41, 5.74) is 1.31. The highest BCUT2D eigenvalue weighted by Crippen LogP contribution is 2.28. The van der Waals surface area contributed by atoms with E-state index in [2.05, 4.69) is 10.1 Å². The summed E-state index contributed by atoms with van der Waals surface area (Å²) in [7, 11) is 0. The molecule has 0 heterocycles. The second-order valence-electron chi connectivity index (χ2n) is 4.24. The van der Waals surface area contributed by atoms with Gasteiger partial charge in [-0.05, 0) is 31.2 Å². The van der Waals surface area contributed by atoms with E-state index in [9.17, 15) is 13.2 Å². The molecule has 0 spiro atoms. The lowest BCUT2D eigenvalue weighted by atomic mass is 10.1. The van der Waals surface area contributed by atoms with Crippen molar-refractivity contribution >= 4 is 11.4 Å². The van der Waals surface area contributed by atoms with Crippen LogP contribution in [0.2, 0.25) is 0 Å². The molecule has 0 unspecified atom stereocenters. The van der Waals surface area contributed by atoms with Crippen LogP contribution in [0.15, 0.2) is 36.4 Å². The summed E-state index contributed by atoms with van der Waals surface area (Å²) in [6, 6.07) is 10.3. The lowest BCUT2D eigenvalue weighted by Gasteiger charge is -2.13. The Kier molecular flexibility index (Phi) is 4.33. The minimum Gasteiger partial charge on any atom is -0.435 e. The number of anilines is 2. The SMILES string of the molecule is Cc1c(F)cccc1Nc1cc(OC(F)F)ccc1C#N. The lowest BCUT2D eigenvalue weighted by molar-refractivity contribution is -0.0498. The van der Waals surface area contributed by atoms with Gasteiger partial charge in [-0.1, -0.05) is 6.07 Å². The number of nitrogens with one attached hydrogen (secondary N) is 1. The molecule has 0 radical (unpaired) electrons. The van der Waals surface area contributed by atoms with E-state index in [1.165, 1.54) is 30.3 Å². The summed E-state index contributed by atoms with van der Waals surface area (Å²) in [5, 5.41) is 11.9. The molecule has 0 aliphatic rings. The third-order valence-corrected chi connectivity index (χ3v) is 2.87. The Bertz CT molecular complexity index is 696. The van der Waals surface area contributed by atoms with E-state index in [4.69, 9.17) is 5.26 Å². The van der Waals surface area contributed by atoms with Crippen molar-refractivity contribution < 1.29 is 17.9 Å². The standard InChI is InChI=1S/C15H11F3N2O/c1-9-12(16)3-2-4-13(9)20-14-7-11(21-15(17)18)6-5-10(14)8-19/h2-7,15,20H,1H3. The number of nitriles is 1. The lowest BCUT2D eigenvalue weighted by Crippen LogP contribution is -2.03. The molecule has 0 saturated carbocycles. The van der Waals surface area contributed by atoms with Crippen molar-refractivity contribution in [1.82, 2.24) is 0 Å². The van der Waals surface area contributed by atoms with Gasteiger partial charge in [-0.25, -0.2) is 4.39 Å². The first kappa shape index (κ1) is 14.7. The summed E-state index contributed by atoms with van der Waals surface area (Å²) in [6.07, 6.45) is 0. The predicted molar refractivity (Wildman–Crippen MR) is 72.2 cm³/mol. The van der Waals surface area contributed by atoms with Crippen LogP contribution in [-0.2, 0) is 0 Å². The molecular formula is C15H11F3N2O. The normalized spacial score (nSPS) is 10.3. The monoisotopic (exact) mass is 292 g/mol. The van der Waals surface area contributed by atoms with Gasteiger partial charge < -0.3 is 10.1 Å². The Morgan fingerprint density at radius 3 is 2.62 bits per heavy atom. The molecule has 0 aliphatic heterocycles. The van der Waals surface area contributed by atoms with Gasteiger partial charge in [-0.2, -0.15) is 14.0 Å². The number of alkyl halides is 2. The first-order valence-corrected chi connectivity index (χ1v) is 6.02. The smallest absolute Gasteiger partial charge is 0.387 e. The van der Waals surface area contributed by atoms with Crippen LogP contribution in [0.1, 0.15) is 11.1 Å². The van der Waals surface area contributed by atoms with Crippen LogP contribution in [0.5, 0.6) is 5.75 Å². The Morgan fingerprint density at radius 2 is 1.95 bits per heavy atom. The van der Waals surface area contributed by atoms with Gasteiger partial charge >= 0.3 is 6.61 Å². The molecule has 0 amide bonds. The minimum atomic E-state index is -2.96. The Labute approximate surface area is 119 Å². The molecule has 1 N–H and O–H groups in total. The zero-order chi connectivity index (χ0) is 15.4. The van der Waals surface area contributed by atoms with Gasteiger partial charge in [-0.3, -0.25) is 0 Å². The number of halogens is 3. The molecule has 0 aromatic heterocycles. The molecule has 2 aromatic carbocycles. The summed E-state index contributed by atoms with van der Waals surface area (Å²) in [4.78, 5) is 0. The van der Waals surface area contributed by atoms with Crippen molar-refractivity contribution in [2.24, 2.45) is 0 Å². The van der Waals surface area contributed by atoms with Gasteiger partial charge in [-0.15, -0.1) is 0 Å². The van der Waals surface area contributed by atoms with Crippen LogP contribution in [-0.4, -0.2) is 6.61 Å². The highest BCUT2D eigenvalue weighted by molar-refractivity contribution is 5.70. The molecule has 2 rings (SSSR count). The number of benzene rings is 2. The van der Waals surface area contributed by atoms with E-state index >= 15 is 0 Å². The van der Waals surface area contributed by atoms with E-state index in [1.807, 2.05) is 6.07 Å². The van der Waals surface area contributed by atoms with Crippen LogP contribution >= 0.6 is 0 Å². The number of rotatable bonds is 4. The molecule has 0 aliphatic carbocycles. The third-order valence-electron chi connectivity index (χ3n) is 2.87. The summed E-state index contributed by atoms with van der Waals surface area (Å²) in [6.45, 7) is -1.38. The van der Waals surface area contributed by atoms with Gasteiger partial charge in [0.2, 0.25) is 0 Å². The van der Waals surface area contributed by atoms with Crippen LogP contribution in [0.4, 0.5) is 24.5 Å². The highest BCUT2D eigenvalue weighted by atomic mass is 19.3. The van der Waals surface area contributed by atoms with Crippen LogP contribution < -0.4 is 10.1 Å². The Hall–Kier alpha value is -2.68. The number of hydrogen-bond donors (Lipinski definition) is 1. The topological polar surface area (TPSA) is 45.0 Å². The molecular weight excluding hydrogens is 281 g/mol. The maximum atomic E-state index is 13.5. The number of nitrogens with zero attached hydrogens (tertiary/aromatic N) is 1. The van der Waals surface area contributed by atoms with Gasteiger partial charge in [0, 0.05) is 17.3 Å². The van der Waals surface area contributed by atoms with Gasteiger partial charge in [0.15, 0.2) is 0 Å². The largest absolute Gasteiger partial charge is 0.435 e. The maximum Gasteiger partial charge on any atom is 0.387 e. The fraction of sp³-hybridized carbons (Fsp3) is 0.133. The van der Waals surface area contributed by atoms with Gasteiger partial charge in [0.1, 0.15) is 17.6 Å². The highest BCUT2D eigenvalue weighted by Gasteiger charge is 2.10. The van der Waals surface area contributed by atoms with Crippen LogP contribution in [0.3, 0.4) is 0 Å². The molecule has 6 heteroatoms. The van der Waals surface area contributed by atoms with Crippen LogP contribution in [0, 0.1) is 24.1 Å². The first-order chi connectivity index (χ1) is 10.0. The van der Waals surface area contributed by atoms with E-state index < -0.39 is 12.4 Å². The van der Waals surface area contributed by atoms with E-state index in [-0.39, 0.29) is 17.0 Å². The quantitative estimate of drug-likeness (QED) is 0.911. The van der Waals surface area contributed by atoms with E-state index in [1.54, 1.807) is 13.0 Å². The molecule has 0 saturated heterocycles. The van der Waals surface area contributed by atoms with Crippen molar-refractivity contribution in [3.63, 3.8) is 0 Å². The van der Waals surface area contributed by atoms with Crippen molar-refractivity contribution in [3.05, 3.63) is 53.3 Å². The second kappa shape index (κ2) is 6.18. The molecule has 0 bridgehead atoms. The minimum absolute atomic E-state index is 0.0828. The van der Waals surface area contributed by atoms with Crippen molar-refractivity contribution in [3.8, 4) is 11.8 Å². The zero-order valence-electron chi connectivity index (χ0n) is 11.0. The maximum absolute atomic E-state index is 13.5. The fourth-order valence-corrected chi connectivity index (χ4v) is 1.79. The third kappa shape index (κ3) is 3.45. The second-order valence-corrected chi connectivity index (χ2v) is 4.24. The molecule has 108 valence electrons. The van der Waals surface area contributed by atoms with E-state index in [0.717, 1.165) is 0 Å². The summed E-state index contributed by atoms with van der Waals surface area (Å²) < 4.78 is 42.2. The van der Waals surface area contributed by atoms with E-state index in [0.29, 0.717) is 11.3 Å². The number of hydrogen-bond acceptors (Lipinski definition) is 3. The van der Waals surface area contributed by atoms with Crippen LogP contribution in [0.25, 0.3) is 0 Å². The van der Waals surface area contributed by atoms with Gasteiger partial charge in [0.05, 0.1) is 11.3 Å². The Morgan fingerprint density at radius 1 is 1.19 bits per heavy atom. The number of ether oxygens (including phenoxy) is 1. The average molecular weight is 292 g/mol. The molecule has 0 atom stereocenters. The van der Waals surface area contributed by atoms with Crippen molar-refractivity contribution in [1.29, 1.82) is 5.26 Å².